The standard InChI is InChI=1S/C21H30N6O/c1-14-11-16-17(12-15(14)2)27(19(22)18(25-16)20(23)28)10-9-26-8-5-21(13-26)3-6-24-7-4-21/h11-12,22,24H,3-10,13H2,1-2H3,(H2,23,28). The van der Waals surface area contributed by atoms with Crippen molar-refractivity contribution in [3.8, 4) is 0 Å². The Bertz CT molecular complexity index is 973. The van der Waals surface area contributed by atoms with E-state index in [2.05, 4.69) is 28.2 Å². The van der Waals surface area contributed by atoms with E-state index in [1.807, 2.05) is 17.6 Å². The van der Waals surface area contributed by atoms with Gasteiger partial charge in [-0.2, -0.15) is 0 Å². The van der Waals surface area contributed by atoms with Crippen LogP contribution in [0, 0.1) is 24.7 Å². The average molecular weight is 383 g/mol. The lowest BCUT2D eigenvalue weighted by molar-refractivity contribution is 0.0993. The summed E-state index contributed by atoms with van der Waals surface area (Å²) in [6, 6.07) is 4.05. The number of rotatable bonds is 4. The fourth-order valence-electron chi connectivity index (χ4n) is 4.74. The zero-order valence-corrected chi connectivity index (χ0v) is 16.8. The Balaban J connectivity index is 1.62. The summed E-state index contributed by atoms with van der Waals surface area (Å²) in [5, 5.41) is 12.0. The molecule has 0 saturated carbocycles. The summed E-state index contributed by atoms with van der Waals surface area (Å²) in [5.74, 6) is -0.645. The molecule has 1 amide bonds. The smallest absolute Gasteiger partial charge is 0.271 e. The van der Waals surface area contributed by atoms with E-state index in [0.29, 0.717) is 12.0 Å². The highest BCUT2D eigenvalue weighted by molar-refractivity contribution is 5.92. The molecule has 4 rings (SSSR count). The summed E-state index contributed by atoms with van der Waals surface area (Å²) in [5.41, 5.74) is 10.0. The number of likely N-dealkylation sites (tertiary alicyclic amines) is 1. The van der Waals surface area contributed by atoms with Crippen LogP contribution in [-0.2, 0) is 6.54 Å². The van der Waals surface area contributed by atoms with Crippen molar-refractivity contribution in [3.63, 3.8) is 0 Å². The summed E-state index contributed by atoms with van der Waals surface area (Å²) in [6.07, 6.45) is 3.76. The number of carbonyl (C=O) groups excluding carboxylic acids is 1. The number of hydrogen-bond donors (Lipinski definition) is 3. The molecule has 2 aromatic rings. The minimum atomic E-state index is -0.645. The number of hydrogen-bond acceptors (Lipinski definition) is 5. The SMILES string of the molecule is Cc1cc2nc(C(N)=O)c(=N)n(CCN3CCC4(CCNCC4)C3)c2cc1C. The molecule has 4 N–H and O–H groups in total. The van der Waals surface area contributed by atoms with Gasteiger partial charge in [-0.1, -0.05) is 0 Å². The van der Waals surface area contributed by atoms with E-state index in [0.717, 1.165) is 54.9 Å². The van der Waals surface area contributed by atoms with Gasteiger partial charge in [-0.25, -0.2) is 4.98 Å². The number of nitrogens with zero attached hydrogens (tertiary/aromatic N) is 3. The number of aryl methyl sites for hydroxylation is 2. The van der Waals surface area contributed by atoms with E-state index in [4.69, 9.17) is 11.1 Å². The van der Waals surface area contributed by atoms with Gasteiger partial charge in [0.05, 0.1) is 11.0 Å². The summed E-state index contributed by atoms with van der Waals surface area (Å²) < 4.78 is 1.91. The molecule has 7 heteroatoms. The van der Waals surface area contributed by atoms with E-state index >= 15 is 0 Å². The molecule has 1 aromatic carbocycles. The molecule has 2 aliphatic rings. The molecular formula is C21H30N6O. The van der Waals surface area contributed by atoms with Gasteiger partial charge in [-0.05, 0) is 81.4 Å². The molecule has 0 radical (unpaired) electrons. The van der Waals surface area contributed by atoms with Gasteiger partial charge < -0.3 is 20.5 Å². The number of benzene rings is 1. The quantitative estimate of drug-likeness (QED) is 0.742. The van der Waals surface area contributed by atoms with Gasteiger partial charge in [0.25, 0.3) is 5.91 Å². The Morgan fingerprint density at radius 2 is 1.93 bits per heavy atom. The van der Waals surface area contributed by atoms with Gasteiger partial charge in [-0.15, -0.1) is 0 Å². The monoisotopic (exact) mass is 382 g/mol. The zero-order valence-electron chi connectivity index (χ0n) is 16.8. The largest absolute Gasteiger partial charge is 0.364 e. The number of primary amides is 1. The predicted octanol–water partition coefficient (Wildman–Crippen LogP) is 1.31. The molecule has 2 saturated heterocycles. The average Bonchev–Trinajstić information content (AvgIpc) is 3.05. The number of fused-ring (bicyclic) bond motifs is 1. The second kappa shape index (κ2) is 7.29. The van der Waals surface area contributed by atoms with Crippen LogP contribution >= 0.6 is 0 Å². The first-order valence-corrected chi connectivity index (χ1v) is 10.2. The zero-order chi connectivity index (χ0) is 19.9. The first kappa shape index (κ1) is 19.1. The van der Waals surface area contributed by atoms with Crippen molar-refractivity contribution in [3.05, 3.63) is 34.4 Å². The Hall–Kier alpha value is -2.25. The molecule has 2 fully saturated rings. The second-order valence-corrected chi connectivity index (χ2v) is 8.53. The predicted molar refractivity (Wildman–Crippen MR) is 109 cm³/mol. The molecule has 28 heavy (non-hydrogen) atoms. The Labute approximate surface area is 165 Å². The molecule has 3 heterocycles. The lowest BCUT2D eigenvalue weighted by atomic mass is 9.78. The van der Waals surface area contributed by atoms with Crippen molar-refractivity contribution in [1.82, 2.24) is 19.8 Å². The molecule has 0 bridgehead atoms. The molecule has 2 aliphatic heterocycles. The molecule has 0 atom stereocenters. The number of aromatic nitrogens is 2. The summed E-state index contributed by atoms with van der Waals surface area (Å²) in [7, 11) is 0. The van der Waals surface area contributed by atoms with Crippen LogP contribution in [0.4, 0.5) is 0 Å². The third-order valence-electron chi connectivity index (χ3n) is 6.66. The van der Waals surface area contributed by atoms with Crippen molar-refractivity contribution >= 4 is 16.9 Å². The van der Waals surface area contributed by atoms with Crippen molar-refractivity contribution in [2.24, 2.45) is 11.1 Å². The molecular weight excluding hydrogens is 352 g/mol. The second-order valence-electron chi connectivity index (χ2n) is 8.53. The lowest BCUT2D eigenvalue weighted by Crippen LogP contribution is -2.39. The maximum absolute atomic E-state index is 11.8. The molecule has 150 valence electrons. The molecule has 1 spiro atoms. The van der Waals surface area contributed by atoms with Crippen LogP contribution in [0.1, 0.15) is 40.9 Å². The highest BCUT2D eigenvalue weighted by Gasteiger charge is 2.38. The first-order chi connectivity index (χ1) is 13.4. The topological polar surface area (TPSA) is 100 Å². The number of amides is 1. The number of carbonyl (C=O) groups is 1. The fraction of sp³-hybridized carbons (Fsp3) is 0.571. The van der Waals surface area contributed by atoms with Crippen LogP contribution in [0.2, 0.25) is 0 Å². The highest BCUT2D eigenvalue weighted by Crippen LogP contribution is 2.38. The minimum absolute atomic E-state index is 0.0481. The fourth-order valence-corrected chi connectivity index (χ4v) is 4.74. The van der Waals surface area contributed by atoms with Gasteiger partial charge in [0.1, 0.15) is 0 Å². The van der Waals surface area contributed by atoms with E-state index in [-0.39, 0.29) is 11.2 Å². The van der Waals surface area contributed by atoms with E-state index in [1.54, 1.807) is 0 Å². The Kier molecular flexibility index (Phi) is 4.97. The van der Waals surface area contributed by atoms with Crippen LogP contribution in [0.15, 0.2) is 12.1 Å². The van der Waals surface area contributed by atoms with Crippen molar-refractivity contribution < 1.29 is 4.79 Å². The highest BCUT2D eigenvalue weighted by atomic mass is 16.1. The van der Waals surface area contributed by atoms with Crippen LogP contribution in [0.3, 0.4) is 0 Å². The number of nitrogens with two attached hydrogens (primary N) is 1. The third-order valence-corrected chi connectivity index (χ3v) is 6.66. The van der Waals surface area contributed by atoms with Gasteiger partial charge in [0.2, 0.25) is 0 Å². The van der Waals surface area contributed by atoms with Crippen molar-refractivity contribution in [2.45, 2.75) is 39.7 Å². The van der Waals surface area contributed by atoms with Crippen LogP contribution < -0.4 is 16.5 Å². The summed E-state index contributed by atoms with van der Waals surface area (Å²) in [6.45, 7) is 10.1. The molecule has 0 unspecified atom stereocenters. The van der Waals surface area contributed by atoms with E-state index in [1.165, 1.54) is 19.3 Å². The Morgan fingerprint density at radius 1 is 1.21 bits per heavy atom. The normalized spacial score (nSPS) is 19.5. The van der Waals surface area contributed by atoms with Crippen LogP contribution in [-0.4, -0.2) is 53.1 Å². The van der Waals surface area contributed by atoms with Crippen molar-refractivity contribution in [2.75, 3.05) is 32.7 Å². The maximum atomic E-state index is 11.8. The van der Waals surface area contributed by atoms with E-state index < -0.39 is 5.91 Å². The van der Waals surface area contributed by atoms with Gasteiger partial charge in [0.15, 0.2) is 11.2 Å². The minimum Gasteiger partial charge on any atom is -0.364 e. The number of nitrogens with one attached hydrogen (secondary N) is 2. The molecule has 7 nitrogen and oxygen atoms in total. The Morgan fingerprint density at radius 3 is 2.64 bits per heavy atom. The summed E-state index contributed by atoms with van der Waals surface area (Å²) in [4.78, 5) is 18.7. The van der Waals surface area contributed by atoms with Gasteiger partial charge in [0, 0.05) is 19.6 Å². The summed E-state index contributed by atoms with van der Waals surface area (Å²) >= 11 is 0. The van der Waals surface area contributed by atoms with Gasteiger partial charge in [-0.3, -0.25) is 10.2 Å². The lowest BCUT2D eigenvalue weighted by Gasteiger charge is -2.34. The van der Waals surface area contributed by atoms with Crippen LogP contribution in [0.25, 0.3) is 11.0 Å². The van der Waals surface area contributed by atoms with Crippen LogP contribution in [0.5, 0.6) is 0 Å². The first-order valence-electron chi connectivity index (χ1n) is 10.2. The molecule has 0 aliphatic carbocycles. The van der Waals surface area contributed by atoms with Crippen molar-refractivity contribution in [1.29, 1.82) is 5.41 Å². The van der Waals surface area contributed by atoms with E-state index in [9.17, 15) is 4.79 Å². The third kappa shape index (κ3) is 3.44. The number of piperidine rings is 1. The van der Waals surface area contributed by atoms with Gasteiger partial charge >= 0.3 is 0 Å². The maximum Gasteiger partial charge on any atom is 0.271 e. The molecule has 1 aromatic heterocycles.